The van der Waals surface area contributed by atoms with Crippen LogP contribution in [0.5, 0.6) is 0 Å². The Kier molecular flexibility index (Phi) is 9.85. The van der Waals surface area contributed by atoms with E-state index < -0.39 is 97.1 Å². The van der Waals surface area contributed by atoms with Crippen LogP contribution in [0, 0.1) is 17.6 Å². The van der Waals surface area contributed by atoms with Crippen LogP contribution in [0.1, 0.15) is 58.9 Å². The largest absolute Gasteiger partial charge is 0.368 e. The van der Waals surface area contributed by atoms with Crippen molar-refractivity contribution in [2.75, 3.05) is 22.0 Å². The lowest BCUT2D eigenvalue weighted by atomic mass is 9.85. The molecule has 1 saturated carbocycles. The molecule has 1 unspecified atom stereocenters. The first-order chi connectivity index (χ1) is 30.0. The van der Waals surface area contributed by atoms with E-state index in [2.05, 4.69) is 24.7 Å². The first kappa shape index (κ1) is 42.7. The van der Waals surface area contributed by atoms with Gasteiger partial charge in [0.2, 0.25) is 26.0 Å². The monoisotopic (exact) mass is 927 g/mol. The number of rotatable bonds is 13. The molecule has 3 aromatic carbocycles. The lowest BCUT2D eigenvalue weighted by Gasteiger charge is -2.29. The van der Waals surface area contributed by atoms with E-state index in [0.29, 0.717) is 27.2 Å². The highest BCUT2D eigenvalue weighted by Crippen LogP contribution is 2.68. The molecule has 64 heavy (non-hydrogen) atoms. The summed E-state index contributed by atoms with van der Waals surface area (Å²) in [6.07, 6.45) is -0.862. The number of carbonyl (C=O) groups is 1. The second-order valence-electron chi connectivity index (χ2n) is 16.0. The van der Waals surface area contributed by atoms with Gasteiger partial charge in [0, 0.05) is 59.5 Å². The number of sulfonamides is 2. The highest BCUT2D eigenvalue weighted by molar-refractivity contribution is 7.92. The summed E-state index contributed by atoms with van der Waals surface area (Å²) in [6, 6.07) is 9.87. The van der Waals surface area contributed by atoms with Gasteiger partial charge in [-0.05, 0) is 48.6 Å². The first-order valence-corrected chi connectivity index (χ1v) is 23.1. The minimum atomic E-state index is -3.89. The van der Waals surface area contributed by atoms with Gasteiger partial charge in [0.05, 0.1) is 46.8 Å². The molecular formula is C40H35F6N11O5S2. The van der Waals surface area contributed by atoms with Gasteiger partial charge < -0.3 is 5.73 Å². The zero-order chi connectivity index (χ0) is 45.9. The fraction of sp³-hybridized carbons (Fsp3) is 0.300. The summed E-state index contributed by atoms with van der Waals surface area (Å²) < 4.78 is 149. The summed E-state index contributed by atoms with van der Waals surface area (Å²) in [7, 11) is -4.63. The highest BCUT2D eigenvalue weighted by Gasteiger charge is 2.67. The summed E-state index contributed by atoms with van der Waals surface area (Å²) in [5.41, 5.74) is 4.59. The van der Waals surface area contributed by atoms with Crippen molar-refractivity contribution >= 4 is 59.4 Å². The van der Waals surface area contributed by atoms with E-state index in [1.54, 1.807) is 37.4 Å². The van der Waals surface area contributed by atoms with Gasteiger partial charge in [-0.1, -0.05) is 24.3 Å². The number of para-hydroxylation sites is 2. The average molecular weight is 928 g/mol. The number of aryl methyl sites for hydroxylation is 2. The van der Waals surface area contributed by atoms with Gasteiger partial charge in [-0.2, -0.15) is 24.1 Å². The molecule has 334 valence electrons. The van der Waals surface area contributed by atoms with Crippen LogP contribution in [0.15, 0.2) is 60.8 Å². The van der Waals surface area contributed by atoms with E-state index in [9.17, 15) is 39.2 Å². The summed E-state index contributed by atoms with van der Waals surface area (Å²) in [6.45, 7) is 0. The van der Waals surface area contributed by atoms with Crippen LogP contribution in [-0.4, -0.2) is 74.6 Å². The smallest absolute Gasteiger partial charge is 0.293 e. The maximum absolute atomic E-state index is 16.2. The van der Waals surface area contributed by atoms with Crippen molar-refractivity contribution in [2.24, 2.45) is 25.7 Å². The number of benzene rings is 3. The Morgan fingerprint density at radius 2 is 1.42 bits per heavy atom. The van der Waals surface area contributed by atoms with Crippen molar-refractivity contribution in [1.29, 1.82) is 0 Å². The third-order valence-corrected chi connectivity index (χ3v) is 12.5. The van der Waals surface area contributed by atoms with Crippen LogP contribution < -0.4 is 15.2 Å². The Labute approximate surface area is 359 Å². The van der Waals surface area contributed by atoms with Crippen molar-refractivity contribution in [3.8, 4) is 22.5 Å². The van der Waals surface area contributed by atoms with E-state index >= 15 is 8.78 Å². The van der Waals surface area contributed by atoms with Gasteiger partial charge >= 0.3 is 0 Å². The number of primary amides is 1. The number of fused-ring (bicyclic) bond motifs is 5. The fourth-order valence-corrected chi connectivity index (χ4v) is 10.0. The fourth-order valence-electron chi connectivity index (χ4n) is 9.02. The molecule has 4 N–H and O–H groups in total. The minimum absolute atomic E-state index is 0.00624. The van der Waals surface area contributed by atoms with E-state index in [4.69, 9.17) is 15.7 Å². The molecule has 9 rings (SSSR count). The van der Waals surface area contributed by atoms with Crippen LogP contribution >= 0.6 is 0 Å². The zero-order valence-corrected chi connectivity index (χ0v) is 35.5. The molecule has 7 aromatic rings. The molecule has 0 aliphatic heterocycles. The third-order valence-electron chi connectivity index (χ3n) is 11.4. The molecule has 0 spiro atoms. The molecule has 1 amide bonds. The van der Waals surface area contributed by atoms with E-state index in [-0.39, 0.29) is 57.2 Å². The van der Waals surface area contributed by atoms with Crippen LogP contribution in [0.4, 0.5) is 38.0 Å². The first-order valence-electron chi connectivity index (χ1n) is 19.3. The normalized spacial score (nSPS) is 17.7. The molecule has 4 heterocycles. The van der Waals surface area contributed by atoms with Crippen molar-refractivity contribution in [1.82, 2.24) is 39.3 Å². The predicted octanol–water partition coefficient (Wildman–Crippen LogP) is 6.00. The lowest BCUT2D eigenvalue weighted by molar-refractivity contribution is -0.122. The molecular weight excluding hydrogens is 893 g/mol. The highest BCUT2D eigenvalue weighted by atomic mass is 32.2. The molecule has 0 radical (unpaired) electrons. The molecule has 2 aliphatic rings. The SMILES string of the molecule is Cn1nc(NS(C)(=O)=O)c2cccc(-c3cnc([C@@H](Cc4cc(F)cc(F)c4)C(C(N)=O)n4nc(C(F)F)c5c4C(F)(F)[C@@H]4C[C@H]54)c(-c4cccc5c(NS(C)(=O)=O)nn(C)c45)n3)c21. The quantitative estimate of drug-likeness (QED) is 0.115. The van der Waals surface area contributed by atoms with Crippen molar-refractivity contribution in [3.63, 3.8) is 0 Å². The van der Waals surface area contributed by atoms with Crippen molar-refractivity contribution in [2.45, 2.75) is 43.1 Å². The van der Waals surface area contributed by atoms with Gasteiger partial charge in [0.25, 0.3) is 12.3 Å². The maximum Gasteiger partial charge on any atom is 0.293 e. The number of hydrogen-bond acceptors (Lipinski definition) is 10. The molecule has 4 atom stereocenters. The Morgan fingerprint density at radius 3 is 1.97 bits per heavy atom. The number of nitrogens with one attached hydrogen (secondary N) is 2. The Morgan fingerprint density at radius 1 is 0.859 bits per heavy atom. The van der Waals surface area contributed by atoms with Crippen LogP contribution in [0.25, 0.3) is 44.3 Å². The molecule has 24 heteroatoms. The Bertz CT molecular complexity index is 3320. The number of anilines is 2. The van der Waals surface area contributed by atoms with Crippen LogP contribution in [0.3, 0.4) is 0 Å². The van der Waals surface area contributed by atoms with Crippen molar-refractivity contribution < 1.29 is 48.0 Å². The number of aromatic nitrogens is 8. The summed E-state index contributed by atoms with van der Waals surface area (Å²) in [4.78, 5) is 23.8. The summed E-state index contributed by atoms with van der Waals surface area (Å²) >= 11 is 0. The Hall–Kier alpha value is -6.56. The van der Waals surface area contributed by atoms with Gasteiger partial charge in [0.15, 0.2) is 11.6 Å². The standard InChI is InChI=1S/C40H35F6N11O5S2/c1-55-32-20(7-5-9-22(32)38(51-55)53-63(3,59)60)27-16-48-29(30(49-27)21-8-6-10-23-33(21)56(2)52-39(23)54-64(4,61)62)25(13-17-11-18(41)14-19(42)12-17)34(37(47)58)57-35-28(31(50-57)36(43)44)24-15-26(24)40(35,45)46/h5-12,14,16,24-26,34,36H,13,15H2,1-4H3,(H2,47,58)(H,51,53)(H,52,54)/t24-,25+,26+,34?/m0/s1. The van der Waals surface area contributed by atoms with E-state index in [1.807, 2.05) is 0 Å². The van der Waals surface area contributed by atoms with E-state index in [1.165, 1.54) is 28.7 Å². The van der Waals surface area contributed by atoms with Crippen LogP contribution in [-0.2, 0) is 51.3 Å². The molecule has 0 saturated heterocycles. The molecule has 0 bridgehead atoms. The molecule has 4 aromatic heterocycles. The number of alkyl halides is 4. The number of nitrogens with zero attached hydrogens (tertiary/aromatic N) is 8. The molecule has 2 aliphatic carbocycles. The van der Waals surface area contributed by atoms with Gasteiger partial charge in [-0.15, -0.1) is 0 Å². The molecule has 1 fully saturated rings. The summed E-state index contributed by atoms with van der Waals surface area (Å²) in [5, 5.41) is 13.3. The second kappa shape index (κ2) is 14.8. The van der Waals surface area contributed by atoms with Gasteiger partial charge in [-0.25, -0.2) is 44.1 Å². The third kappa shape index (κ3) is 7.26. The second-order valence-corrected chi connectivity index (χ2v) is 19.5. The number of halogens is 6. The lowest BCUT2D eigenvalue weighted by Crippen LogP contribution is -2.37. The minimum Gasteiger partial charge on any atom is -0.368 e. The predicted molar refractivity (Wildman–Crippen MR) is 221 cm³/mol. The number of amides is 1. The van der Waals surface area contributed by atoms with Crippen molar-refractivity contribution in [3.05, 3.63) is 101 Å². The molecule has 16 nitrogen and oxygen atoms in total. The van der Waals surface area contributed by atoms with Gasteiger partial charge in [-0.3, -0.25) is 28.6 Å². The Balaban J connectivity index is 1.35. The maximum atomic E-state index is 16.2. The number of carbonyl (C=O) groups excluding carboxylic acids is 1. The van der Waals surface area contributed by atoms with E-state index in [0.717, 1.165) is 24.6 Å². The topological polar surface area (TPSA) is 215 Å². The number of nitrogens with two attached hydrogens (primary N) is 1. The van der Waals surface area contributed by atoms with Gasteiger partial charge in [0.1, 0.15) is 29.1 Å². The number of hydrogen-bond donors (Lipinski definition) is 3. The summed E-state index contributed by atoms with van der Waals surface area (Å²) in [5.74, 6) is -11.1. The van der Waals surface area contributed by atoms with Crippen LogP contribution in [0.2, 0.25) is 0 Å². The zero-order valence-electron chi connectivity index (χ0n) is 33.9. The average Bonchev–Trinajstić information content (AvgIpc) is 3.58.